The number of carbonyl (C=O) groups excluding carboxylic acids is 1. The normalized spacial score (nSPS) is 21.9. The Balaban J connectivity index is 0.00000180. The molecule has 1 aromatic rings. The molecule has 106 valence electrons. The van der Waals surface area contributed by atoms with E-state index in [4.69, 9.17) is 10.5 Å². The fourth-order valence-corrected chi connectivity index (χ4v) is 2.15. The summed E-state index contributed by atoms with van der Waals surface area (Å²) in [4.78, 5) is 13.4. The largest absolute Gasteiger partial charge is 0.445 e. The highest BCUT2D eigenvalue weighted by Crippen LogP contribution is 2.17. The molecule has 0 aliphatic carbocycles. The van der Waals surface area contributed by atoms with Gasteiger partial charge in [-0.3, -0.25) is 0 Å². The first-order chi connectivity index (χ1) is 8.70. The lowest BCUT2D eigenvalue weighted by atomic mass is 10.2. The van der Waals surface area contributed by atoms with E-state index in [0.717, 1.165) is 5.56 Å². The van der Waals surface area contributed by atoms with Crippen molar-refractivity contribution >= 4 is 18.5 Å². The van der Waals surface area contributed by atoms with Crippen LogP contribution in [0.3, 0.4) is 0 Å². The maximum atomic E-state index is 11.9. The first kappa shape index (κ1) is 15.8. The SMILES string of the molecule is Cl.N[C@@H]1C[C@H](CO)N(C(=O)OCc2ccccc2)C1. The Labute approximate surface area is 118 Å². The number of nitrogens with two attached hydrogens (primary N) is 1. The van der Waals surface area contributed by atoms with E-state index in [1.54, 1.807) is 0 Å². The van der Waals surface area contributed by atoms with Crippen molar-refractivity contribution in [2.24, 2.45) is 5.73 Å². The van der Waals surface area contributed by atoms with Crippen molar-refractivity contribution in [3.8, 4) is 0 Å². The second-order valence-electron chi connectivity index (χ2n) is 4.52. The fraction of sp³-hybridized carbons (Fsp3) is 0.462. The van der Waals surface area contributed by atoms with Crippen LogP contribution in [0.4, 0.5) is 4.79 Å². The van der Waals surface area contributed by atoms with Gasteiger partial charge in [-0.05, 0) is 12.0 Å². The number of benzene rings is 1. The summed E-state index contributed by atoms with van der Waals surface area (Å²) < 4.78 is 5.21. The lowest BCUT2D eigenvalue weighted by molar-refractivity contribution is 0.0794. The van der Waals surface area contributed by atoms with E-state index in [0.29, 0.717) is 13.0 Å². The first-order valence-electron chi connectivity index (χ1n) is 6.04. The summed E-state index contributed by atoms with van der Waals surface area (Å²) in [6, 6.07) is 9.19. The number of halogens is 1. The van der Waals surface area contributed by atoms with Gasteiger partial charge in [0.15, 0.2) is 0 Å². The number of rotatable bonds is 3. The van der Waals surface area contributed by atoms with E-state index in [1.807, 2.05) is 30.3 Å². The molecular weight excluding hydrogens is 268 g/mol. The molecule has 1 heterocycles. The molecule has 1 aliphatic heterocycles. The summed E-state index contributed by atoms with van der Waals surface area (Å²) >= 11 is 0. The van der Waals surface area contributed by atoms with E-state index in [9.17, 15) is 9.90 Å². The van der Waals surface area contributed by atoms with Crippen LogP contribution in [-0.4, -0.2) is 41.3 Å². The van der Waals surface area contributed by atoms with Gasteiger partial charge in [0.25, 0.3) is 0 Å². The number of hydrogen-bond donors (Lipinski definition) is 2. The lowest BCUT2D eigenvalue weighted by Crippen LogP contribution is -2.38. The van der Waals surface area contributed by atoms with Crippen molar-refractivity contribution in [1.29, 1.82) is 0 Å². The molecule has 6 heteroatoms. The minimum absolute atomic E-state index is 0. The quantitative estimate of drug-likeness (QED) is 0.874. The molecule has 2 atom stereocenters. The van der Waals surface area contributed by atoms with E-state index < -0.39 is 6.09 Å². The van der Waals surface area contributed by atoms with Crippen LogP contribution in [0, 0.1) is 0 Å². The van der Waals surface area contributed by atoms with Gasteiger partial charge in [0, 0.05) is 12.6 Å². The highest BCUT2D eigenvalue weighted by molar-refractivity contribution is 5.85. The molecule has 5 nitrogen and oxygen atoms in total. The van der Waals surface area contributed by atoms with Gasteiger partial charge in [-0.25, -0.2) is 4.79 Å². The maximum absolute atomic E-state index is 11.9. The van der Waals surface area contributed by atoms with Gasteiger partial charge in [-0.15, -0.1) is 12.4 Å². The first-order valence-corrected chi connectivity index (χ1v) is 6.04. The van der Waals surface area contributed by atoms with Crippen molar-refractivity contribution in [1.82, 2.24) is 4.90 Å². The predicted molar refractivity (Wildman–Crippen MR) is 74.0 cm³/mol. The lowest BCUT2D eigenvalue weighted by Gasteiger charge is -2.22. The molecule has 0 saturated carbocycles. The van der Waals surface area contributed by atoms with E-state index in [1.165, 1.54) is 4.90 Å². The Morgan fingerprint density at radius 1 is 1.42 bits per heavy atom. The van der Waals surface area contributed by atoms with Crippen LogP contribution in [-0.2, 0) is 11.3 Å². The summed E-state index contributed by atoms with van der Waals surface area (Å²) in [6.45, 7) is 0.608. The number of nitrogens with zero attached hydrogens (tertiary/aromatic N) is 1. The zero-order valence-corrected chi connectivity index (χ0v) is 11.4. The smallest absolute Gasteiger partial charge is 0.410 e. The fourth-order valence-electron chi connectivity index (χ4n) is 2.15. The molecule has 1 aliphatic rings. The molecule has 1 amide bonds. The molecule has 3 N–H and O–H groups in total. The number of ether oxygens (including phenoxy) is 1. The molecule has 19 heavy (non-hydrogen) atoms. The predicted octanol–water partition coefficient (Wildman–Crippen LogP) is 1.14. The van der Waals surface area contributed by atoms with Gasteiger partial charge in [0.2, 0.25) is 0 Å². The minimum atomic E-state index is -0.411. The Hall–Kier alpha value is -1.30. The Morgan fingerprint density at radius 3 is 2.74 bits per heavy atom. The Kier molecular flexibility index (Phi) is 6.08. The third-order valence-electron chi connectivity index (χ3n) is 3.10. The van der Waals surface area contributed by atoms with Gasteiger partial charge in [-0.1, -0.05) is 30.3 Å². The standard InChI is InChI=1S/C13H18N2O3.ClH/c14-11-6-12(8-16)15(7-11)13(17)18-9-10-4-2-1-3-5-10;/h1-5,11-12,16H,6-9,14H2;1H/t11-,12-;/m1./s1. The van der Waals surface area contributed by atoms with E-state index >= 15 is 0 Å². The molecule has 1 saturated heterocycles. The van der Waals surface area contributed by atoms with E-state index in [-0.39, 0.29) is 37.7 Å². The van der Waals surface area contributed by atoms with E-state index in [2.05, 4.69) is 0 Å². The average molecular weight is 287 g/mol. The summed E-state index contributed by atoms with van der Waals surface area (Å²) in [5.41, 5.74) is 6.72. The van der Waals surface area contributed by atoms with Gasteiger partial charge in [-0.2, -0.15) is 0 Å². The molecular formula is C13H19ClN2O3. The molecule has 2 rings (SSSR count). The molecule has 0 spiro atoms. The van der Waals surface area contributed by atoms with Crippen molar-refractivity contribution in [2.45, 2.75) is 25.1 Å². The highest BCUT2D eigenvalue weighted by atomic mass is 35.5. The molecule has 0 radical (unpaired) electrons. The number of likely N-dealkylation sites (tertiary alicyclic amines) is 1. The third kappa shape index (κ3) is 4.09. The Bertz CT molecular complexity index is 402. The van der Waals surface area contributed by atoms with Crippen LogP contribution >= 0.6 is 12.4 Å². The van der Waals surface area contributed by atoms with Gasteiger partial charge < -0.3 is 20.5 Å². The molecule has 0 aromatic heterocycles. The molecule has 0 bridgehead atoms. The van der Waals surface area contributed by atoms with Gasteiger partial charge in [0.05, 0.1) is 12.6 Å². The maximum Gasteiger partial charge on any atom is 0.410 e. The summed E-state index contributed by atoms with van der Waals surface area (Å²) in [6.07, 6.45) is 0.211. The second-order valence-corrected chi connectivity index (χ2v) is 4.52. The number of hydrogen-bond acceptors (Lipinski definition) is 4. The van der Waals surface area contributed by atoms with Gasteiger partial charge >= 0.3 is 6.09 Å². The second kappa shape index (κ2) is 7.33. The number of aliphatic hydroxyl groups excluding tert-OH is 1. The zero-order chi connectivity index (χ0) is 13.0. The van der Waals surface area contributed by atoms with Crippen molar-refractivity contribution < 1.29 is 14.6 Å². The van der Waals surface area contributed by atoms with Crippen LogP contribution in [0.1, 0.15) is 12.0 Å². The summed E-state index contributed by atoms with van der Waals surface area (Å²) in [5.74, 6) is 0. The number of carbonyl (C=O) groups is 1. The monoisotopic (exact) mass is 286 g/mol. The van der Waals surface area contributed by atoms with Crippen molar-refractivity contribution in [3.63, 3.8) is 0 Å². The minimum Gasteiger partial charge on any atom is -0.445 e. The molecule has 1 fully saturated rings. The van der Waals surface area contributed by atoms with Crippen LogP contribution in [0.5, 0.6) is 0 Å². The molecule has 0 unspecified atom stereocenters. The van der Waals surface area contributed by atoms with Crippen LogP contribution in [0.2, 0.25) is 0 Å². The number of amides is 1. The summed E-state index contributed by atoms with van der Waals surface area (Å²) in [5, 5.41) is 9.18. The van der Waals surface area contributed by atoms with Gasteiger partial charge in [0.1, 0.15) is 6.61 Å². The topological polar surface area (TPSA) is 75.8 Å². The average Bonchev–Trinajstić information content (AvgIpc) is 2.78. The highest BCUT2D eigenvalue weighted by Gasteiger charge is 2.33. The summed E-state index contributed by atoms with van der Waals surface area (Å²) in [7, 11) is 0. The van der Waals surface area contributed by atoms with Crippen LogP contribution < -0.4 is 5.73 Å². The van der Waals surface area contributed by atoms with Crippen LogP contribution in [0.25, 0.3) is 0 Å². The van der Waals surface area contributed by atoms with Crippen molar-refractivity contribution in [3.05, 3.63) is 35.9 Å². The number of aliphatic hydroxyl groups is 1. The Morgan fingerprint density at radius 2 is 2.11 bits per heavy atom. The van der Waals surface area contributed by atoms with Crippen LogP contribution in [0.15, 0.2) is 30.3 Å². The third-order valence-corrected chi connectivity index (χ3v) is 3.10. The molecule has 1 aromatic carbocycles. The van der Waals surface area contributed by atoms with Crippen molar-refractivity contribution in [2.75, 3.05) is 13.2 Å². The zero-order valence-electron chi connectivity index (χ0n) is 10.6.